The summed E-state index contributed by atoms with van der Waals surface area (Å²) in [5.74, 6) is 1.19. The van der Waals surface area contributed by atoms with Crippen LogP contribution in [0.25, 0.3) is 32.6 Å². The van der Waals surface area contributed by atoms with Crippen LogP contribution < -0.4 is 9.47 Å². The van der Waals surface area contributed by atoms with Crippen LogP contribution in [0.5, 0.6) is 11.5 Å². The Morgan fingerprint density at radius 3 is 2.17 bits per heavy atom. The number of fused-ring (bicyclic) bond motifs is 4. The predicted molar refractivity (Wildman–Crippen MR) is 164 cm³/mol. The van der Waals surface area contributed by atoms with Crippen molar-refractivity contribution in [1.82, 2.24) is 4.57 Å². The summed E-state index contributed by atoms with van der Waals surface area (Å²) in [6.45, 7) is 4.83. The molecule has 0 fully saturated rings. The van der Waals surface area contributed by atoms with Crippen LogP contribution in [0.1, 0.15) is 39.5 Å². The van der Waals surface area contributed by atoms with Crippen LogP contribution >= 0.6 is 0 Å². The molecule has 204 valence electrons. The third kappa shape index (κ3) is 4.28. The third-order valence-corrected chi connectivity index (χ3v) is 7.84. The van der Waals surface area contributed by atoms with Crippen LogP contribution in [0.15, 0.2) is 96.2 Å². The standard InChI is InChI=1S/C35H30N2O4/c1-5-37-30-15-10-23(34(36-39)26-14-13-25(40-3)18-21(26)2)19-28(30)29-20-24(11-16-31(29)37)35(38)33-27-9-7-6-8-22(27)12-17-32(33)41-4/h6-20,39H,5H2,1-4H3/b36-34+. The fourth-order valence-electron chi connectivity index (χ4n) is 5.83. The minimum absolute atomic E-state index is 0.0967. The van der Waals surface area contributed by atoms with Crippen molar-refractivity contribution in [2.75, 3.05) is 14.2 Å². The number of ether oxygens (including phenoxy) is 2. The van der Waals surface area contributed by atoms with E-state index >= 15 is 0 Å². The first-order chi connectivity index (χ1) is 20.0. The number of hydrogen-bond acceptors (Lipinski definition) is 5. The van der Waals surface area contributed by atoms with Gasteiger partial charge in [-0.05, 0) is 84.8 Å². The first-order valence-corrected chi connectivity index (χ1v) is 13.5. The van der Waals surface area contributed by atoms with Crippen molar-refractivity contribution < 1.29 is 19.5 Å². The van der Waals surface area contributed by atoms with E-state index in [0.29, 0.717) is 22.6 Å². The van der Waals surface area contributed by atoms with Gasteiger partial charge in [0.15, 0.2) is 5.78 Å². The minimum Gasteiger partial charge on any atom is -0.497 e. The lowest BCUT2D eigenvalue weighted by atomic mass is 9.94. The Morgan fingerprint density at radius 2 is 1.51 bits per heavy atom. The van der Waals surface area contributed by atoms with Crippen LogP contribution in [0.2, 0.25) is 0 Å². The second kappa shape index (κ2) is 10.5. The van der Waals surface area contributed by atoms with Gasteiger partial charge < -0.3 is 19.2 Å². The Morgan fingerprint density at radius 1 is 0.805 bits per heavy atom. The number of hydrogen-bond donors (Lipinski definition) is 1. The summed E-state index contributed by atoms with van der Waals surface area (Å²) in [5.41, 5.74) is 6.19. The molecule has 0 radical (unpaired) electrons. The van der Waals surface area contributed by atoms with Crippen molar-refractivity contribution in [3.8, 4) is 11.5 Å². The summed E-state index contributed by atoms with van der Waals surface area (Å²) < 4.78 is 13.2. The molecule has 0 saturated carbocycles. The number of aromatic nitrogens is 1. The topological polar surface area (TPSA) is 73.1 Å². The van der Waals surface area contributed by atoms with Crippen LogP contribution in [0.4, 0.5) is 0 Å². The zero-order chi connectivity index (χ0) is 28.7. The number of benzene rings is 5. The molecule has 6 aromatic rings. The number of carbonyl (C=O) groups is 1. The van der Waals surface area contributed by atoms with Crippen LogP contribution in [0, 0.1) is 6.92 Å². The Kier molecular flexibility index (Phi) is 6.67. The molecule has 6 rings (SSSR count). The molecule has 0 aliphatic heterocycles. The number of oxime groups is 1. The van der Waals surface area contributed by atoms with Gasteiger partial charge in [0.05, 0.1) is 19.8 Å². The quantitative estimate of drug-likeness (QED) is 0.0969. The van der Waals surface area contributed by atoms with Gasteiger partial charge in [0.25, 0.3) is 0 Å². The zero-order valence-electron chi connectivity index (χ0n) is 23.4. The molecular formula is C35H30N2O4. The molecule has 6 nitrogen and oxygen atoms in total. The Balaban J connectivity index is 1.53. The lowest BCUT2D eigenvalue weighted by molar-refractivity contribution is 0.103. The van der Waals surface area contributed by atoms with E-state index in [1.807, 2.05) is 97.9 Å². The second-order valence-corrected chi connectivity index (χ2v) is 10.0. The van der Waals surface area contributed by atoms with Gasteiger partial charge in [0, 0.05) is 45.0 Å². The van der Waals surface area contributed by atoms with E-state index in [0.717, 1.165) is 61.6 Å². The van der Waals surface area contributed by atoms with Gasteiger partial charge >= 0.3 is 0 Å². The minimum atomic E-state index is -0.0967. The molecule has 0 saturated heterocycles. The van der Waals surface area contributed by atoms with Crippen LogP contribution in [0.3, 0.4) is 0 Å². The van der Waals surface area contributed by atoms with Gasteiger partial charge in [-0.2, -0.15) is 0 Å². The number of methoxy groups -OCH3 is 2. The molecule has 41 heavy (non-hydrogen) atoms. The zero-order valence-corrected chi connectivity index (χ0v) is 23.4. The normalized spacial score (nSPS) is 11.9. The molecule has 0 spiro atoms. The van der Waals surface area contributed by atoms with Gasteiger partial charge in [-0.1, -0.05) is 41.6 Å². The molecule has 0 aliphatic rings. The fourth-order valence-corrected chi connectivity index (χ4v) is 5.83. The average molecular weight is 543 g/mol. The lowest BCUT2D eigenvalue weighted by Gasteiger charge is -2.12. The predicted octanol–water partition coefficient (Wildman–Crippen LogP) is 7.75. The summed E-state index contributed by atoms with van der Waals surface area (Å²) in [6, 6.07) is 29.3. The molecule has 1 aromatic heterocycles. The number of aryl methyl sites for hydroxylation is 2. The summed E-state index contributed by atoms with van der Waals surface area (Å²) in [7, 11) is 3.22. The van der Waals surface area contributed by atoms with Crippen molar-refractivity contribution in [3.63, 3.8) is 0 Å². The largest absolute Gasteiger partial charge is 0.497 e. The number of carbonyl (C=O) groups excluding carboxylic acids is 1. The monoisotopic (exact) mass is 542 g/mol. The summed E-state index contributed by atoms with van der Waals surface area (Å²) in [4.78, 5) is 14.0. The van der Waals surface area contributed by atoms with Crippen molar-refractivity contribution >= 4 is 44.1 Å². The first-order valence-electron chi connectivity index (χ1n) is 13.5. The first kappa shape index (κ1) is 26.1. The second-order valence-electron chi connectivity index (χ2n) is 10.0. The highest BCUT2D eigenvalue weighted by atomic mass is 16.5. The van der Waals surface area contributed by atoms with E-state index in [1.165, 1.54) is 0 Å². The maximum Gasteiger partial charge on any atom is 0.197 e. The van der Waals surface area contributed by atoms with Gasteiger partial charge in [-0.15, -0.1) is 0 Å². The number of rotatable bonds is 7. The smallest absolute Gasteiger partial charge is 0.197 e. The third-order valence-electron chi connectivity index (χ3n) is 7.84. The van der Waals surface area contributed by atoms with E-state index in [2.05, 4.69) is 16.6 Å². The van der Waals surface area contributed by atoms with Gasteiger partial charge in [0.1, 0.15) is 17.2 Å². The van der Waals surface area contributed by atoms with E-state index in [-0.39, 0.29) is 5.78 Å². The fraction of sp³-hybridized carbons (Fsp3) is 0.143. The molecule has 1 N–H and O–H groups in total. The SMILES string of the molecule is CCn1c2ccc(C(=O)c3c(OC)ccc4ccccc34)cc2c2cc(/C(=N\O)c3ccc(OC)cc3C)ccc21. The number of ketones is 1. The number of nitrogens with zero attached hydrogens (tertiary/aromatic N) is 2. The Hall–Kier alpha value is -5.10. The van der Waals surface area contributed by atoms with E-state index in [4.69, 9.17) is 9.47 Å². The Labute approximate surface area is 238 Å². The highest BCUT2D eigenvalue weighted by Crippen LogP contribution is 2.35. The highest BCUT2D eigenvalue weighted by Gasteiger charge is 2.21. The van der Waals surface area contributed by atoms with Crippen molar-refractivity contribution in [2.24, 2.45) is 5.16 Å². The van der Waals surface area contributed by atoms with Gasteiger partial charge in [-0.25, -0.2) is 0 Å². The maximum atomic E-state index is 14.0. The maximum absolute atomic E-state index is 14.0. The van der Waals surface area contributed by atoms with Gasteiger partial charge in [0.2, 0.25) is 0 Å². The van der Waals surface area contributed by atoms with Crippen LogP contribution in [-0.2, 0) is 6.54 Å². The van der Waals surface area contributed by atoms with Crippen molar-refractivity contribution in [3.05, 3.63) is 119 Å². The van der Waals surface area contributed by atoms with Crippen molar-refractivity contribution in [1.29, 1.82) is 0 Å². The summed E-state index contributed by atoms with van der Waals surface area (Å²) in [5, 5.41) is 17.6. The van der Waals surface area contributed by atoms with E-state index in [1.54, 1.807) is 14.2 Å². The van der Waals surface area contributed by atoms with E-state index in [9.17, 15) is 10.0 Å². The average Bonchev–Trinajstić information content (AvgIpc) is 3.33. The van der Waals surface area contributed by atoms with Crippen molar-refractivity contribution in [2.45, 2.75) is 20.4 Å². The highest BCUT2D eigenvalue weighted by molar-refractivity contribution is 6.21. The summed E-state index contributed by atoms with van der Waals surface area (Å²) in [6.07, 6.45) is 0. The molecule has 0 aliphatic carbocycles. The van der Waals surface area contributed by atoms with Crippen LogP contribution in [-0.4, -0.2) is 35.5 Å². The van der Waals surface area contributed by atoms with Gasteiger partial charge in [-0.3, -0.25) is 4.79 Å². The molecule has 6 heteroatoms. The molecule has 0 amide bonds. The molecule has 0 unspecified atom stereocenters. The summed E-state index contributed by atoms with van der Waals surface area (Å²) >= 11 is 0. The lowest BCUT2D eigenvalue weighted by Crippen LogP contribution is -2.06. The molecular weight excluding hydrogens is 512 g/mol. The Bertz CT molecular complexity index is 2000. The van der Waals surface area contributed by atoms with E-state index < -0.39 is 0 Å². The molecule has 5 aromatic carbocycles. The molecule has 0 atom stereocenters. The molecule has 0 bridgehead atoms. The molecule has 1 heterocycles.